The van der Waals surface area contributed by atoms with Crippen molar-refractivity contribution in [3.05, 3.63) is 60.7 Å². The monoisotopic (exact) mass is 364 g/mol. The average molecular weight is 365 g/mol. The van der Waals surface area contributed by atoms with Gasteiger partial charge >= 0.3 is 0 Å². The van der Waals surface area contributed by atoms with Crippen LogP contribution in [0.25, 0.3) is 0 Å². The summed E-state index contributed by atoms with van der Waals surface area (Å²) in [5.74, 6) is 0.668. The van der Waals surface area contributed by atoms with Crippen LogP contribution in [-0.4, -0.2) is 31.1 Å². The van der Waals surface area contributed by atoms with E-state index in [-0.39, 0.29) is 23.3 Å². The van der Waals surface area contributed by atoms with Gasteiger partial charge in [-0.3, -0.25) is 0 Å². The van der Waals surface area contributed by atoms with Gasteiger partial charge in [-0.2, -0.15) is 0 Å². The van der Waals surface area contributed by atoms with Crippen molar-refractivity contribution >= 4 is 21.6 Å². The highest BCUT2D eigenvalue weighted by atomic mass is 32.2. The second-order valence-electron chi connectivity index (χ2n) is 6.11. The highest BCUT2D eigenvalue weighted by Gasteiger charge is 2.35. The first kappa shape index (κ1) is 19.0. The van der Waals surface area contributed by atoms with Gasteiger partial charge in [-0.05, 0) is 36.1 Å². The Morgan fingerprint density at radius 3 is 2.00 bits per heavy atom. The van der Waals surface area contributed by atoms with Gasteiger partial charge in [0.2, 0.25) is 0 Å². The van der Waals surface area contributed by atoms with Gasteiger partial charge in [0.05, 0.1) is 16.8 Å². The Balaban J connectivity index is 2.23. The Hall–Kier alpha value is -1.30. The van der Waals surface area contributed by atoms with Gasteiger partial charge < -0.3 is 5.11 Å². The highest BCUT2D eigenvalue weighted by Crippen LogP contribution is 2.31. The smallest absolute Gasteiger partial charge is 0.183 e. The largest absolute Gasteiger partial charge is 0.395 e. The molecule has 0 aliphatic heterocycles. The van der Waals surface area contributed by atoms with E-state index in [0.717, 1.165) is 4.90 Å². The van der Waals surface area contributed by atoms with E-state index in [0.29, 0.717) is 5.75 Å². The van der Waals surface area contributed by atoms with Gasteiger partial charge in [0.25, 0.3) is 0 Å². The van der Waals surface area contributed by atoms with E-state index in [9.17, 15) is 13.5 Å². The van der Waals surface area contributed by atoms with Crippen LogP contribution in [0.3, 0.4) is 0 Å². The van der Waals surface area contributed by atoms with Crippen molar-refractivity contribution in [2.75, 3.05) is 12.4 Å². The summed E-state index contributed by atoms with van der Waals surface area (Å²) in [6.07, 6.45) is 0. The predicted octanol–water partition coefficient (Wildman–Crippen LogP) is 3.89. The fourth-order valence-corrected chi connectivity index (χ4v) is 6.11. The summed E-state index contributed by atoms with van der Waals surface area (Å²) in [6.45, 7) is 3.66. The summed E-state index contributed by atoms with van der Waals surface area (Å²) in [4.78, 5) is 1.39. The third kappa shape index (κ3) is 4.62. The van der Waals surface area contributed by atoms with Gasteiger partial charge in [0.15, 0.2) is 9.84 Å². The van der Waals surface area contributed by atoms with E-state index in [4.69, 9.17) is 0 Å². The van der Waals surface area contributed by atoms with E-state index in [2.05, 4.69) is 0 Å². The molecule has 0 aliphatic rings. The number of sulfone groups is 1. The zero-order chi connectivity index (χ0) is 17.6. The predicted molar refractivity (Wildman–Crippen MR) is 100.0 cm³/mol. The van der Waals surface area contributed by atoms with Crippen molar-refractivity contribution in [3.8, 4) is 0 Å². The number of hydrogen-bond acceptors (Lipinski definition) is 4. The normalized spacial score (nSPS) is 14.5. The molecule has 3 nitrogen and oxygen atoms in total. The standard InChI is InChI=1S/C19H24O3S2/c1-15(2)18(14-23-16-9-5-3-6-10-16)19(13-20)24(21,22)17-11-7-4-8-12-17/h3-12,15,18-20H,13-14H2,1-2H3/t18-,19-/m1/s1. The van der Waals surface area contributed by atoms with Gasteiger partial charge in [0, 0.05) is 10.6 Å². The van der Waals surface area contributed by atoms with Crippen molar-refractivity contribution in [1.29, 1.82) is 0 Å². The molecule has 0 spiro atoms. The molecule has 0 unspecified atom stereocenters. The first-order valence-corrected chi connectivity index (χ1v) is 10.6. The molecule has 24 heavy (non-hydrogen) atoms. The van der Waals surface area contributed by atoms with Crippen molar-refractivity contribution in [2.24, 2.45) is 11.8 Å². The molecule has 2 aromatic rings. The molecule has 0 radical (unpaired) electrons. The van der Waals surface area contributed by atoms with E-state index in [1.807, 2.05) is 44.2 Å². The number of thioether (sulfide) groups is 1. The lowest BCUT2D eigenvalue weighted by Gasteiger charge is -2.28. The summed E-state index contributed by atoms with van der Waals surface area (Å²) < 4.78 is 25.9. The van der Waals surface area contributed by atoms with Crippen LogP contribution in [0, 0.1) is 11.8 Å². The Bertz CT molecular complexity index is 713. The summed E-state index contributed by atoms with van der Waals surface area (Å²) in [7, 11) is -3.56. The Morgan fingerprint density at radius 1 is 0.958 bits per heavy atom. The van der Waals surface area contributed by atoms with E-state index in [1.165, 1.54) is 0 Å². The Kier molecular flexibility index (Phi) is 6.90. The van der Waals surface area contributed by atoms with Crippen LogP contribution in [0.4, 0.5) is 0 Å². The van der Waals surface area contributed by atoms with Crippen LogP contribution in [0.1, 0.15) is 13.8 Å². The number of aliphatic hydroxyl groups excluding tert-OH is 1. The maximum Gasteiger partial charge on any atom is 0.183 e. The lowest BCUT2D eigenvalue weighted by molar-refractivity contribution is 0.245. The number of benzene rings is 2. The molecule has 0 fully saturated rings. The molecule has 2 aromatic carbocycles. The molecule has 2 atom stereocenters. The van der Waals surface area contributed by atoms with Crippen LogP contribution < -0.4 is 0 Å². The fraction of sp³-hybridized carbons (Fsp3) is 0.368. The quantitative estimate of drug-likeness (QED) is 0.722. The molecule has 5 heteroatoms. The van der Waals surface area contributed by atoms with Crippen LogP contribution in [0.5, 0.6) is 0 Å². The molecule has 0 aromatic heterocycles. The molecule has 0 amide bonds. The molecule has 0 saturated carbocycles. The van der Waals surface area contributed by atoms with Crippen molar-refractivity contribution in [2.45, 2.75) is 28.9 Å². The van der Waals surface area contributed by atoms with Gasteiger partial charge in [-0.15, -0.1) is 11.8 Å². The van der Waals surface area contributed by atoms with Crippen LogP contribution in [-0.2, 0) is 9.84 Å². The lowest BCUT2D eigenvalue weighted by Crippen LogP contribution is -2.37. The third-order valence-corrected chi connectivity index (χ3v) is 7.55. The minimum Gasteiger partial charge on any atom is -0.395 e. The first-order chi connectivity index (χ1) is 11.5. The van der Waals surface area contributed by atoms with Gasteiger partial charge in [0.1, 0.15) is 0 Å². The zero-order valence-corrected chi connectivity index (χ0v) is 15.6. The molecular weight excluding hydrogens is 340 g/mol. The zero-order valence-electron chi connectivity index (χ0n) is 14.0. The summed E-state index contributed by atoms with van der Waals surface area (Å²) in [6, 6.07) is 18.3. The second kappa shape index (κ2) is 8.70. The number of aliphatic hydroxyl groups is 1. The minimum absolute atomic E-state index is 0.134. The van der Waals surface area contributed by atoms with Crippen molar-refractivity contribution in [1.82, 2.24) is 0 Å². The summed E-state index contributed by atoms with van der Waals surface area (Å²) >= 11 is 1.64. The number of rotatable bonds is 8. The molecule has 0 bridgehead atoms. The van der Waals surface area contributed by atoms with Gasteiger partial charge in [-0.25, -0.2) is 8.42 Å². The maximum atomic E-state index is 13.0. The molecule has 130 valence electrons. The SMILES string of the molecule is CC(C)[C@@H](CSc1ccccc1)[C@@H](CO)S(=O)(=O)c1ccccc1. The van der Waals surface area contributed by atoms with Crippen LogP contribution in [0.15, 0.2) is 70.5 Å². The second-order valence-corrected chi connectivity index (χ2v) is 9.37. The fourth-order valence-electron chi connectivity index (χ4n) is 2.69. The number of hydrogen-bond donors (Lipinski definition) is 1. The maximum absolute atomic E-state index is 13.0. The summed E-state index contributed by atoms with van der Waals surface area (Å²) in [5, 5.41) is 9.06. The highest BCUT2D eigenvalue weighted by molar-refractivity contribution is 7.99. The van der Waals surface area contributed by atoms with Crippen LogP contribution in [0.2, 0.25) is 0 Å². The Labute approximate surface area is 149 Å². The average Bonchev–Trinajstić information content (AvgIpc) is 2.59. The van der Waals surface area contributed by atoms with Crippen LogP contribution >= 0.6 is 11.8 Å². The van der Waals surface area contributed by atoms with Crippen molar-refractivity contribution in [3.63, 3.8) is 0 Å². The van der Waals surface area contributed by atoms with E-state index >= 15 is 0 Å². The molecule has 0 aliphatic carbocycles. The molecular formula is C19H24O3S2. The third-order valence-electron chi connectivity index (χ3n) is 4.17. The minimum atomic E-state index is -3.56. The summed E-state index contributed by atoms with van der Waals surface area (Å²) in [5.41, 5.74) is 0. The topological polar surface area (TPSA) is 54.4 Å². The van der Waals surface area contributed by atoms with Gasteiger partial charge in [-0.1, -0.05) is 50.2 Å². The molecule has 0 heterocycles. The first-order valence-electron chi connectivity index (χ1n) is 8.04. The van der Waals surface area contributed by atoms with Crippen molar-refractivity contribution < 1.29 is 13.5 Å². The molecule has 1 N–H and O–H groups in total. The Morgan fingerprint density at radius 2 is 1.50 bits per heavy atom. The lowest BCUT2D eigenvalue weighted by atomic mass is 9.94. The molecule has 2 rings (SSSR count). The van der Waals surface area contributed by atoms with E-state index in [1.54, 1.807) is 42.1 Å². The van der Waals surface area contributed by atoms with E-state index < -0.39 is 15.1 Å². The molecule has 0 saturated heterocycles.